The summed E-state index contributed by atoms with van der Waals surface area (Å²) in [7, 11) is 0. The number of ether oxygens (including phenoxy) is 1. The fourth-order valence-electron chi connectivity index (χ4n) is 2.38. The van der Waals surface area contributed by atoms with Crippen molar-refractivity contribution in [3.8, 4) is 0 Å². The number of hydrogen-bond donors (Lipinski definition) is 1. The van der Waals surface area contributed by atoms with Gasteiger partial charge < -0.3 is 4.74 Å². The van der Waals surface area contributed by atoms with E-state index in [1.807, 2.05) is 0 Å². The zero-order chi connectivity index (χ0) is 18.4. The van der Waals surface area contributed by atoms with E-state index in [1.165, 1.54) is 0 Å². The number of allylic oxidation sites excluding steroid dienone is 2. The van der Waals surface area contributed by atoms with E-state index in [-0.39, 0.29) is 30.4 Å². The van der Waals surface area contributed by atoms with Gasteiger partial charge >= 0.3 is 5.97 Å². The fraction of sp³-hybridized carbons (Fsp3) is 0.688. The van der Waals surface area contributed by atoms with Gasteiger partial charge in [-0.05, 0) is 25.7 Å². The maximum Gasteiger partial charge on any atom is 0.324 e. The summed E-state index contributed by atoms with van der Waals surface area (Å²) < 4.78 is 61.3. The van der Waals surface area contributed by atoms with Crippen molar-refractivity contribution in [3.63, 3.8) is 0 Å². The van der Waals surface area contributed by atoms with E-state index in [0.29, 0.717) is 6.42 Å². The van der Waals surface area contributed by atoms with Crippen molar-refractivity contribution in [3.05, 3.63) is 23.2 Å². The monoisotopic (exact) mass is 352 g/mol. The van der Waals surface area contributed by atoms with Crippen molar-refractivity contribution in [2.24, 2.45) is 5.92 Å². The average Bonchev–Trinajstić information content (AvgIpc) is 2.52. The molecule has 1 rings (SSSR count). The van der Waals surface area contributed by atoms with E-state index in [1.54, 1.807) is 27.7 Å². The fourth-order valence-corrected chi connectivity index (χ4v) is 2.38. The summed E-state index contributed by atoms with van der Waals surface area (Å²) in [6.45, 7) is 6.90. The first-order chi connectivity index (χ1) is 11.2. The van der Waals surface area contributed by atoms with E-state index < -0.39 is 41.5 Å². The molecule has 138 valence electrons. The Balaban J connectivity index is 3.05. The third kappa shape index (κ3) is 4.72. The van der Waals surface area contributed by atoms with Crippen LogP contribution in [0.15, 0.2) is 23.2 Å². The van der Waals surface area contributed by atoms with Crippen LogP contribution in [-0.4, -0.2) is 29.9 Å². The number of hydrazine groups is 1. The molecule has 2 unspecified atom stereocenters. The molecule has 0 aliphatic carbocycles. The first-order valence-electron chi connectivity index (χ1n) is 8.04. The number of esters is 1. The maximum atomic E-state index is 14.2. The Labute approximate surface area is 139 Å². The van der Waals surface area contributed by atoms with Gasteiger partial charge in [0.2, 0.25) is 12.2 Å². The number of alkyl halides is 1. The van der Waals surface area contributed by atoms with Crippen molar-refractivity contribution in [1.82, 2.24) is 10.4 Å². The molecule has 0 bridgehead atoms. The molecule has 0 fully saturated rings. The number of halogens is 4. The zero-order valence-electron chi connectivity index (χ0n) is 14.3. The Morgan fingerprint density at radius 3 is 2.42 bits per heavy atom. The molecule has 0 radical (unpaired) electrons. The summed E-state index contributed by atoms with van der Waals surface area (Å²) in [6.07, 6.45) is -2.14. The highest BCUT2D eigenvalue weighted by Crippen LogP contribution is 2.36. The minimum Gasteiger partial charge on any atom is -0.465 e. The van der Waals surface area contributed by atoms with E-state index in [0.717, 1.165) is 0 Å². The van der Waals surface area contributed by atoms with Gasteiger partial charge in [-0.1, -0.05) is 27.2 Å². The molecule has 0 aromatic rings. The Morgan fingerprint density at radius 1 is 1.29 bits per heavy atom. The van der Waals surface area contributed by atoms with Crippen molar-refractivity contribution < 1.29 is 27.1 Å². The number of nitrogens with one attached hydrogen (secondary N) is 1. The maximum absolute atomic E-state index is 14.2. The van der Waals surface area contributed by atoms with Crippen LogP contribution in [0.25, 0.3) is 0 Å². The van der Waals surface area contributed by atoms with E-state index in [4.69, 9.17) is 4.74 Å². The van der Waals surface area contributed by atoms with Crippen LogP contribution in [0.2, 0.25) is 0 Å². The molecular weight excluding hydrogens is 328 g/mol. The van der Waals surface area contributed by atoms with E-state index >= 15 is 0 Å². The molecule has 0 saturated heterocycles. The van der Waals surface area contributed by atoms with Gasteiger partial charge in [0, 0.05) is 5.57 Å². The molecular formula is C16H24F4N2O2. The summed E-state index contributed by atoms with van der Waals surface area (Å²) in [4.78, 5) is 11.9. The minimum atomic E-state index is -2.55. The number of carbonyl (C=O) groups is 1. The highest BCUT2D eigenvalue weighted by atomic mass is 19.2. The zero-order valence-corrected chi connectivity index (χ0v) is 14.3. The lowest BCUT2D eigenvalue weighted by Gasteiger charge is -2.33. The molecule has 24 heavy (non-hydrogen) atoms. The summed E-state index contributed by atoms with van der Waals surface area (Å²) in [5.74, 6) is -5.18. The second-order valence-electron chi connectivity index (χ2n) is 5.95. The van der Waals surface area contributed by atoms with Crippen molar-refractivity contribution >= 4 is 5.97 Å². The predicted molar refractivity (Wildman–Crippen MR) is 82.0 cm³/mol. The van der Waals surface area contributed by atoms with Crippen LogP contribution in [-0.2, 0) is 9.53 Å². The van der Waals surface area contributed by atoms with Crippen LogP contribution >= 0.6 is 0 Å². The van der Waals surface area contributed by atoms with E-state index in [2.05, 4.69) is 5.43 Å². The average molecular weight is 352 g/mol. The van der Waals surface area contributed by atoms with Gasteiger partial charge in [0.05, 0.1) is 6.61 Å². The summed E-state index contributed by atoms with van der Waals surface area (Å²) in [6, 6.07) is -1.12. The first kappa shape index (κ1) is 20.5. The van der Waals surface area contributed by atoms with Crippen LogP contribution in [0.3, 0.4) is 0 Å². The van der Waals surface area contributed by atoms with Crippen LogP contribution in [0.1, 0.15) is 47.0 Å². The lowest BCUT2D eigenvalue weighted by molar-refractivity contribution is -0.148. The second-order valence-corrected chi connectivity index (χ2v) is 5.95. The highest BCUT2D eigenvalue weighted by Gasteiger charge is 2.39. The lowest BCUT2D eigenvalue weighted by atomic mass is 10.0. The standard InChI is InChI=1S/C16H24F4N2O2/c1-5-7-10-12(17)14(19)22(15(20)13(10)18)21-11(8-9(3)4)16(23)24-6-2/h9,11,14,21H,5-8H2,1-4H3. The van der Waals surface area contributed by atoms with Crippen LogP contribution in [0.4, 0.5) is 17.6 Å². The van der Waals surface area contributed by atoms with Crippen molar-refractivity contribution in [1.29, 1.82) is 0 Å². The Bertz CT molecular complexity index is 520. The molecule has 0 saturated carbocycles. The molecule has 4 nitrogen and oxygen atoms in total. The number of rotatable bonds is 8. The van der Waals surface area contributed by atoms with Gasteiger partial charge in [0.1, 0.15) is 6.04 Å². The largest absolute Gasteiger partial charge is 0.465 e. The molecule has 8 heteroatoms. The molecule has 0 aromatic heterocycles. The third-order valence-electron chi connectivity index (χ3n) is 3.45. The van der Waals surface area contributed by atoms with Gasteiger partial charge in [0.25, 0.3) is 0 Å². The molecule has 2 atom stereocenters. The van der Waals surface area contributed by atoms with E-state index in [9.17, 15) is 22.4 Å². The second kappa shape index (κ2) is 9.05. The number of hydrogen-bond acceptors (Lipinski definition) is 4. The number of nitrogens with zero attached hydrogens (tertiary/aromatic N) is 1. The Morgan fingerprint density at radius 2 is 1.92 bits per heavy atom. The third-order valence-corrected chi connectivity index (χ3v) is 3.45. The molecule has 1 N–H and O–H groups in total. The summed E-state index contributed by atoms with van der Waals surface area (Å²) in [5.41, 5.74) is 1.62. The van der Waals surface area contributed by atoms with Gasteiger partial charge in [-0.25, -0.2) is 23.6 Å². The molecule has 1 aliphatic heterocycles. The number of carbonyl (C=O) groups excluding carboxylic acids is 1. The molecule has 1 aliphatic rings. The van der Waals surface area contributed by atoms with Crippen LogP contribution in [0, 0.1) is 5.92 Å². The lowest BCUT2D eigenvalue weighted by Crippen LogP contribution is -2.53. The highest BCUT2D eigenvalue weighted by molar-refractivity contribution is 5.75. The quantitative estimate of drug-likeness (QED) is 0.404. The van der Waals surface area contributed by atoms with Gasteiger partial charge in [-0.15, -0.1) is 0 Å². The SMILES string of the molecule is CCCC1=C(F)C(F)N(NC(CC(C)C)C(=O)OCC)C(F)=C1F. The van der Waals surface area contributed by atoms with Crippen molar-refractivity contribution in [2.75, 3.05) is 6.61 Å². The smallest absolute Gasteiger partial charge is 0.324 e. The minimum absolute atomic E-state index is 0.0114. The Kier molecular flexibility index (Phi) is 7.72. The molecule has 0 amide bonds. The summed E-state index contributed by atoms with van der Waals surface area (Å²) >= 11 is 0. The van der Waals surface area contributed by atoms with Gasteiger partial charge in [-0.2, -0.15) is 4.39 Å². The summed E-state index contributed by atoms with van der Waals surface area (Å²) in [5, 5.41) is 0.0772. The van der Waals surface area contributed by atoms with Crippen LogP contribution in [0.5, 0.6) is 0 Å². The molecule has 1 heterocycles. The first-order valence-corrected chi connectivity index (χ1v) is 8.04. The Hall–Kier alpha value is -1.57. The van der Waals surface area contributed by atoms with Crippen molar-refractivity contribution in [2.45, 2.75) is 59.3 Å². The normalized spacial score (nSPS) is 20.0. The van der Waals surface area contributed by atoms with Gasteiger partial charge in [0.15, 0.2) is 11.7 Å². The predicted octanol–water partition coefficient (Wildman–Crippen LogP) is 4.21. The molecule has 0 aromatic carbocycles. The topological polar surface area (TPSA) is 41.6 Å². The molecule has 0 spiro atoms. The van der Waals surface area contributed by atoms with Gasteiger partial charge in [-0.3, -0.25) is 4.79 Å². The van der Waals surface area contributed by atoms with Crippen LogP contribution < -0.4 is 5.43 Å².